The first kappa shape index (κ1) is 23.7. The highest BCUT2D eigenvalue weighted by Crippen LogP contribution is 2.34. The van der Waals surface area contributed by atoms with E-state index in [4.69, 9.17) is 4.74 Å². The van der Waals surface area contributed by atoms with E-state index in [-0.39, 0.29) is 11.3 Å². The summed E-state index contributed by atoms with van der Waals surface area (Å²) in [5.74, 6) is 5.11. The standard InChI is InChI=1S/C27H17F2N3O2S/c1-3-4-8-14-34-24(33)16-20(18-10-6-5-7-11-18)23-15-19-17-30-27(35-2)31-26(19)32(23)25-21(28)12-9-13-22(25)29/h5-7,9-13,15-17H,1-2H3/b20-16-. The fraction of sp³-hybridized carbons (Fsp3) is 0.0741. The Bertz CT molecular complexity index is 1550. The minimum Gasteiger partial charge on any atom is -0.368 e. The van der Waals surface area contributed by atoms with Crippen LogP contribution in [0.1, 0.15) is 18.2 Å². The molecule has 4 rings (SSSR count). The lowest BCUT2D eigenvalue weighted by Crippen LogP contribution is -2.08. The number of aromatic nitrogens is 3. The Morgan fingerprint density at radius 1 is 1.09 bits per heavy atom. The molecule has 0 radical (unpaired) electrons. The number of carbonyl (C=O) groups is 1. The van der Waals surface area contributed by atoms with Gasteiger partial charge in [0.25, 0.3) is 0 Å². The molecule has 0 N–H and O–H groups in total. The number of carbonyl (C=O) groups excluding carboxylic acids is 1. The van der Waals surface area contributed by atoms with Crippen molar-refractivity contribution in [2.75, 3.05) is 6.26 Å². The van der Waals surface area contributed by atoms with Crippen LogP contribution in [0, 0.1) is 35.5 Å². The Hall–Kier alpha value is -4.40. The second-order valence-electron chi connectivity index (χ2n) is 7.02. The normalized spacial score (nSPS) is 10.8. The maximum Gasteiger partial charge on any atom is 0.345 e. The molecule has 0 aliphatic carbocycles. The van der Waals surface area contributed by atoms with Crippen molar-refractivity contribution in [2.45, 2.75) is 12.1 Å². The van der Waals surface area contributed by atoms with Crippen LogP contribution in [0.5, 0.6) is 0 Å². The third-order valence-electron chi connectivity index (χ3n) is 4.88. The van der Waals surface area contributed by atoms with Gasteiger partial charge in [0, 0.05) is 29.2 Å². The van der Waals surface area contributed by atoms with E-state index in [0.717, 1.165) is 12.1 Å². The van der Waals surface area contributed by atoms with Gasteiger partial charge < -0.3 is 4.74 Å². The van der Waals surface area contributed by atoms with Gasteiger partial charge >= 0.3 is 5.97 Å². The van der Waals surface area contributed by atoms with Crippen LogP contribution in [-0.2, 0) is 9.53 Å². The minimum atomic E-state index is -0.785. The molecular formula is C27H17F2N3O2S. The molecule has 0 amide bonds. The van der Waals surface area contributed by atoms with Crippen LogP contribution in [0.4, 0.5) is 8.78 Å². The van der Waals surface area contributed by atoms with Gasteiger partial charge in [-0.1, -0.05) is 54.1 Å². The van der Waals surface area contributed by atoms with Crippen molar-refractivity contribution >= 4 is 34.3 Å². The van der Waals surface area contributed by atoms with E-state index < -0.39 is 17.6 Å². The number of esters is 1. The lowest BCUT2D eigenvalue weighted by Gasteiger charge is -2.15. The molecule has 0 saturated heterocycles. The Morgan fingerprint density at radius 2 is 1.83 bits per heavy atom. The number of nitrogens with zero attached hydrogens (tertiary/aromatic N) is 3. The van der Waals surface area contributed by atoms with E-state index in [9.17, 15) is 4.79 Å². The summed E-state index contributed by atoms with van der Waals surface area (Å²) in [7, 11) is 0. The van der Waals surface area contributed by atoms with Gasteiger partial charge in [-0.05, 0) is 42.9 Å². The van der Waals surface area contributed by atoms with Gasteiger partial charge in [0.05, 0.1) is 5.69 Å². The highest BCUT2D eigenvalue weighted by Gasteiger charge is 2.23. The van der Waals surface area contributed by atoms with Crippen LogP contribution in [0.2, 0.25) is 0 Å². The molecule has 0 fully saturated rings. The van der Waals surface area contributed by atoms with E-state index in [1.165, 1.54) is 28.5 Å². The molecule has 0 bridgehead atoms. The Balaban J connectivity index is 2.02. The van der Waals surface area contributed by atoms with Crippen LogP contribution in [0.3, 0.4) is 0 Å². The molecule has 0 unspecified atom stereocenters. The average molecular weight is 486 g/mol. The summed E-state index contributed by atoms with van der Waals surface area (Å²) in [6, 6.07) is 14.2. The first-order valence-electron chi connectivity index (χ1n) is 10.3. The molecule has 0 spiro atoms. The van der Waals surface area contributed by atoms with Crippen LogP contribution >= 0.6 is 11.8 Å². The maximum absolute atomic E-state index is 15.0. The van der Waals surface area contributed by atoms with Crippen molar-refractivity contribution in [1.82, 2.24) is 14.5 Å². The fourth-order valence-electron chi connectivity index (χ4n) is 3.43. The van der Waals surface area contributed by atoms with Gasteiger partial charge in [-0.3, -0.25) is 4.57 Å². The topological polar surface area (TPSA) is 57.0 Å². The number of ether oxygens (including phenoxy) is 1. The van der Waals surface area contributed by atoms with E-state index in [1.807, 2.05) is 6.07 Å². The molecular weight excluding hydrogens is 468 g/mol. The van der Waals surface area contributed by atoms with Crippen LogP contribution in [-0.4, -0.2) is 26.8 Å². The van der Waals surface area contributed by atoms with Crippen molar-refractivity contribution in [3.63, 3.8) is 0 Å². The van der Waals surface area contributed by atoms with Crippen molar-refractivity contribution in [3.05, 3.63) is 89.8 Å². The largest absolute Gasteiger partial charge is 0.368 e. The lowest BCUT2D eigenvalue weighted by molar-refractivity contribution is -0.131. The van der Waals surface area contributed by atoms with E-state index in [1.54, 1.807) is 49.7 Å². The molecule has 8 heteroatoms. The zero-order valence-electron chi connectivity index (χ0n) is 18.7. The highest BCUT2D eigenvalue weighted by atomic mass is 32.2. The Kier molecular flexibility index (Phi) is 7.25. The number of halogens is 2. The molecule has 172 valence electrons. The lowest BCUT2D eigenvalue weighted by atomic mass is 10.0. The molecule has 0 atom stereocenters. The van der Waals surface area contributed by atoms with Crippen molar-refractivity contribution in [1.29, 1.82) is 0 Å². The predicted molar refractivity (Wildman–Crippen MR) is 131 cm³/mol. The first-order valence-corrected chi connectivity index (χ1v) is 11.5. The molecule has 2 aromatic carbocycles. The summed E-state index contributed by atoms with van der Waals surface area (Å²) < 4.78 is 36.3. The van der Waals surface area contributed by atoms with Gasteiger partial charge in [-0.25, -0.2) is 23.5 Å². The van der Waals surface area contributed by atoms with Gasteiger partial charge in [0.1, 0.15) is 29.1 Å². The smallest absolute Gasteiger partial charge is 0.345 e. The summed E-state index contributed by atoms with van der Waals surface area (Å²) in [5.41, 5.74) is 1.25. The monoisotopic (exact) mass is 485 g/mol. The van der Waals surface area contributed by atoms with Gasteiger partial charge in [0.2, 0.25) is 0 Å². The van der Waals surface area contributed by atoms with Crippen molar-refractivity contribution in [3.8, 4) is 29.6 Å². The Labute approximate surface area is 204 Å². The number of benzene rings is 2. The minimum absolute atomic E-state index is 0.288. The molecule has 2 heterocycles. The number of hydrogen-bond donors (Lipinski definition) is 0. The molecule has 2 aromatic heterocycles. The molecule has 0 aliphatic heterocycles. The summed E-state index contributed by atoms with van der Waals surface area (Å²) >= 11 is 1.30. The van der Waals surface area contributed by atoms with E-state index >= 15 is 8.78 Å². The second kappa shape index (κ2) is 10.7. The summed E-state index contributed by atoms with van der Waals surface area (Å²) in [6.45, 7) is 1.61. The first-order chi connectivity index (χ1) is 17.0. The van der Waals surface area contributed by atoms with Gasteiger partial charge in [-0.15, -0.1) is 0 Å². The number of fused-ring (bicyclic) bond motifs is 1. The quantitative estimate of drug-likeness (QED) is 0.125. The highest BCUT2D eigenvalue weighted by molar-refractivity contribution is 7.98. The Morgan fingerprint density at radius 3 is 2.51 bits per heavy atom. The zero-order valence-corrected chi connectivity index (χ0v) is 19.5. The van der Waals surface area contributed by atoms with E-state index in [2.05, 4.69) is 33.8 Å². The summed E-state index contributed by atoms with van der Waals surface area (Å²) in [4.78, 5) is 21.4. The van der Waals surface area contributed by atoms with E-state index in [0.29, 0.717) is 27.4 Å². The number of rotatable bonds is 5. The van der Waals surface area contributed by atoms with Crippen molar-refractivity contribution < 1.29 is 18.3 Å². The number of thioether (sulfide) groups is 1. The SMILES string of the molecule is CC#CC#COC(=O)/C=C(/c1ccccc1)c1cc2cnc(SC)nc2n1-c1c(F)cccc1F. The van der Waals surface area contributed by atoms with Crippen LogP contribution in [0.25, 0.3) is 22.3 Å². The molecule has 35 heavy (non-hydrogen) atoms. The molecule has 0 saturated carbocycles. The predicted octanol–water partition coefficient (Wildman–Crippen LogP) is 5.38. The summed E-state index contributed by atoms with van der Waals surface area (Å²) in [6.07, 6.45) is 6.82. The molecule has 0 aliphatic rings. The number of hydrogen-bond acceptors (Lipinski definition) is 5. The van der Waals surface area contributed by atoms with Crippen molar-refractivity contribution in [2.24, 2.45) is 0 Å². The molecule has 5 nitrogen and oxygen atoms in total. The van der Waals surface area contributed by atoms with Gasteiger partial charge in [-0.2, -0.15) is 0 Å². The fourth-order valence-corrected chi connectivity index (χ4v) is 3.77. The summed E-state index contributed by atoms with van der Waals surface area (Å²) in [5, 5.41) is 0.964. The second-order valence-corrected chi connectivity index (χ2v) is 7.79. The van der Waals surface area contributed by atoms with Crippen LogP contribution in [0.15, 0.2) is 72.0 Å². The number of para-hydroxylation sites is 1. The van der Waals surface area contributed by atoms with Gasteiger partial charge in [0.15, 0.2) is 5.16 Å². The maximum atomic E-state index is 15.0. The third-order valence-corrected chi connectivity index (χ3v) is 5.44. The average Bonchev–Trinajstić information content (AvgIpc) is 3.23. The zero-order chi connectivity index (χ0) is 24.8. The molecule has 4 aromatic rings. The third kappa shape index (κ3) is 5.08. The van der Waals surface area contributed by atoms with Crippen LogP contribution < -0.4 is 0 Å².